The molecular formula is C12H25NO2S. The van der Waals surface area contributed by atoms with Gasteiger partial charge in [-0.15, -0.1) is 0 Å². The molecule has 0 radical (unpaired) electrons. The van der Waals surface area contributed by atoms with Crippen LogP contribution in [0.15, 0.2) is 0 Å². The number of hydrogen-bond acceptors (Lipinski definition) is 3. The van der Waals surface area contributed by atoms with E-state index in [0.29, 0.717) is 6.54 Å². The van der Waals surface area contributed by atoms with Gasteiger partial charge in [0.25, 0.3) is 0 Å². The molecule has 4 heteroatoms. The van der Waals surface area contributed by atoms with Crippen LogP contribution < -0.4 is 5.32 Å². The fraction of sp³-hybridized carbons (Fsp3) is 1.00. The van der Waals surface area contributed by atoms with Crippen LogP contribution in [-0.4, -0.2) is 33.0 Å². The molecule has 0 aromatic rings. The zero-order valence-electron chi connectivity index (χ0n) is 10.4. The summed E-state index contributed by atoms with van der Waals surface area (Å²) in [6.45, 7) is 3.30. The van der Waals surface area contributed by atoms with Gasteiger partial charge in [-0.1, -0.05) is 39.0 Å². The normalized spacial score (nSPS) is 18.8. The molecular weight excluding hydrogens is 222 g/mol. The highest BCUT2D eigenvalue weighted by atomic mass is 32.2. The van der Waals surface area contributed by atoms with Gasteiger partial charge in [-0.2, -0.15) is 0 Å². The lowest BCUT2D eigenvalue weighted by molar-refractivity contribution is 0.335. The van der Waals surface area contributed by atoms with Gasteiger partial charge in [0, 0.05) is 12.3 Å². The summed E-state index contributed by atoms with van der Waals surface area (Å²) < 4.78 is 22.4. The summed E-state index contributed by atoms with van der Waals surface area (Å²) in [6, 6.07) is 0. The highest BCUT2D eigenvalue weighted by Gasteiger charge is 2.12. The molecule has 1 saturated carbocycles. The van der Waals surface area contributed by atoms with Crippen LogP contribution >= 0.6 is 0 Å². The Bertz CT molecular complexity index is 269. The molecule has 0 spiro atoms. The van der Waals surface area contributed by atoms with Crippen molar-refractivity contribution in [3.05, 3.63) is 0 Å². The first-order chi connectivity index (χ1) is 7.64. The summed E-state index contributed by atoms with van der Waals surface area (Å²) in [5.41, 5.74) is 0. The van der Waals surface area contributed by atoms with Crippen molar-refractivity contribution in [1.82, 2.24) is 5.32 Å². The average molecular weight is 247 g/mol. The molecule has 0 heterocycles. The lowest BCUT2D eigenvalue weighted by atomic mass is 9.87. The summed E-state index contributed by atoms with van der Waals surface area (Å²) in [4.78, 5) is 0. The molecule has 0 aliphatic heterocycles. The van der Waals surface area contributed by atoms with E-state index in [-0.39, 0.29) is 11.5 Å². The molecule has 0 aromatic carbocycles. The quantitative estimate of drug-likeness (QED) is 0.700. The predicted octanol–water partition coefficient (Wildman–Crippen LogP) is 1.98. The molecule has 1 fully saturated rings. The monoisotopic (exact) mass is 247 g/mol. The van der Waals surface area contributed by atoms with Crippen LogP contribution in [0.3, 0.4) is 0 Å². The Morgan fingerprint density at radius 2 is 1.81 bits per heavy atom. The summed E-state index contributed by atoms with van der Waals surface area (Å²) in [5, 5.41) is 3.24. The molecule has 1 N–H and O–H groups in total. The minimum atomic E-state index is -2.79. The first-order valence-electron chi connectivity index (χ1n) is 6.55. The van der Waals surface area contributed by atoms with Gasteiger partial charge in [0.2, 0.25) is 0 Å². The Morgan fingerprint density at radius 1 is 1.12 bits per heavy atom. The van der Waals surface area contributed by atoms with Gasteiger partial charge in [-0.05, 0) is 18.9 Å². The first-order valence-corrected chi connectivity index (χ1v) is 8.37. The van der Waals surface area contributed by atoms with Gasteiger partial charge < -0.3 is 5.32 Å². The molecule has 0 atom stereocenters. The van der Waals surface area contributed by atoms with Crippen LogP contribution in [-0.2, 0) is 9.84 Å². The van der Waals surface area contributed by atoms with Gasteiger partial charge in [0.15, 0.2) is 9.84 Å². The molecule has 0 unspecified atom stereocenters. The highest BCUT2D eigenvalue weighted by molar-refractivity contribution is 7.91. The van der Waals surface area contributed by atoms with Crippen molar-refractivity contribution in [2.24, 2.45) is 5.92 Å². The molecule has 0 bridgehead atoms. The Kier molecular flexibility index (Phi) is 6.36. The second-order valence-corrected chi connectivity index (χ2v) is 7.25. The summed E-state index contributed by atoms with van der Waals surface area (Å²) in [6.07, 6.45) is 8.12. The second-order valence-electron chi connectivity index (χ2n) is 4.78. The van der Waals surface area contributed by atoms with Crippen molar-refractivity contribution < 1.29 is 8.42 Å². The Morgan fingerprint density at radius 3 is 2.44 bits per heavy atom. The number of hydrogen-bond donors (Lipinski definition) is 1. The average Bonchev–Trinajstić information content (AvgIpc) is 2.30. The predicted molar refractivity (Wildman–Crippen MR) is 68.4 cm³/mol. The highest BCUT2D eigenvalue weighted by Crippen LogP contribution is 2.25. The van der Waals surface area contributed by atoms with E-state index in [1.165, 1.54) is 38.5 Å². The Labute approximate surface area is 99.9 Å². The maximum atomic E-state index is 11.2. The van der Waals surface area contributed by atoms with Gasteiger partial charge in [0.1, 0.15) is 0 Å². The van der Waals surface area contributed by atoms with Crippen LogP contribution in [0.25, 0.3) is 0 Å². The van der Waals surface area contributed by atoms with Gasteiger partial charge in [-0.25, -0.2) is 8.42 Å². The van der Waals surface area contributed by atoms with E-state index in [4.69, 9.17) is 0 Å². The summed E-state index contributed by atoms with van der Waals surface area (Å²) in [7, 11) is -2.79. The van der Waals surface area contributed by atoms with Gasteiger partial charge in [0.05, 0.1) is 5.75 Å². The smallest absolute Gasteiger partial charge is 0.151 e. The van der Waals surface area contributed by atoms with E-state index >= 15 is 0 Å². The molecule has 3 nitrogen and oxygen atoms in total. The van der Waals surface area contributed by atoms with Crippen molar-refractivity contribution >= 4 is 9.84 Å². The number of rotatable bonds is 7. The van der Waals surface area contributed by atoms with E-state index in [1.54, 1.807) is 6.92 Å². The SMILES string of the molecule is CCS(=O)(=O)CCNCCC1CCCCC1. The maximum absolute atomic E-state index is 11.2. The molecule has 0 amide bonds. The van der Waals surface area contributed by atoms with Gasteiger partial charge in [-0.3, -0.25) is 0 Å². The van der Waals surface area contributed by atoms with Gasteiger partial charge >= 0.3 is 0 Å². The van der Waals surface area contributed by atoms with Crippen LogP contribution in [0.4, 0.5) is 0 Å². The third-order valence-corrected chi connectivity index (χ3v) is 5.19. The largest absolute Gasteiger partial charge is 0.316 e. The zero-order chi connectivity index (χ0) is 11.9. The summed E-state index contributed by atoms with van der Waals surface area (Å²) in [5.74, 6) is 1.43. The van der Waals surface area contributed by atoms with E-state index in [9.17, 15) is 8.42 Å². The van der Waals surface area contributed by atoms with E-state index in [2.05, 4.69) is 5.32 Å². The van der Waals surface area contributed by atoms with Crippen LogP contribution in [0, 0.1) is 5.92 Å². The van der Waals surface area contributed by atoms with Crippen molar-refractivity contribution in [3.8, 4) is 0 Å². The Balaban J connectivity index is 1.99. The van der Waals surface area contributed by atoms with Crippen molar-refractivity contribution in [2.45, 2.75) is 45.4 Å². The van der Waals surface area contributed by atoms with Crippen molar-refractivity contribution in [2.75, 3.05) is 24.6 Å². The van der Waals surface area contributed by atoms with E-state index in [1.807, 2.05) is 0 Å². The minimum Gasteiger partial charge on any atom is -0.316 e. The van der Waals surface area contributed by atoms with Crippen LogP contribution in [0.1, 0.15) is 45.4 Å². The third-order valence-electron chi connectivity index (χ3n) is 3.48. The first kappa shape index (κ1) is 14.0. The molecule has 1 aliphatic carbocycles. The number of nitrogens with one attached hydrogen (secondary N) is 1. The maximum Gasteiger partial charge on any atom is 0.151 e. The second kappa shape index (κ2) is 7.28. The molecule has 0 saturated heterocycles. The van der Waals surface area contributed by atoms with E-state index < -0.39 is 9.84 Å². The third kappa shape index (κ3) is 5.85. The fourth-order valence-electron chi connectivity index (χ4n) is 2.28. The van der Waals surface area contributed by atoms with Crippen LogP contribution in [0.2, 0.25) is 0 Å². The number of sulfone groups is 1. The molecule has 0 aromatic heterocycles. The molecule has 96 valence electrons. The molecule has 16 heavy (non-hydrogen) atoms. The lowest BCUT2D eigenvalue weighted by Gasteiger charge is -2.21. The summed E-state index contributed by atoms with van der Waals surface area (Å²) >= 11 is 0. The fourth-order valence-corrected chi connectivity index (χ4v) is 3.02. The minimum absolute atomic E-state index is 0.261. The topological polar surface area (TPSA) is 46.2 Å². The van der Waals surface area contributed by atoms with Crippen molar-refractivity contribution in [1.29, 1.82) is 0 Å². The van der Waals surface area contributed by atoms with Crippen LogP contribution in [0.5, 0.6) is 0 Å². The molecule has 1 aliphatic rings. The zero-order valence-corrected chi connectivity index (χ0v) is 11.2. The molecule has 1 rings (SSSR count). The van der Waals surface area contributed by atoms with Crippen molar-refractivity contribution in [3.63, 3.8) is 0 Å². The standard InChI is InChI=1S/C12H25NO2S/c1-2-16(14,15)11-10-13-9-8-12-6-4-3-5-7-12/h12-13H,2-11H2,1H3. The Hall–Kier alpha value is -0.0900. The van der Waals surface area contributed by atoms with E-state index in [0.717, 1.165) is 12.5 Å². The lowest BCUT2D eigenvalue weighted by Crippen LogP contribution is -2.26.